The number of nitro groups is 1. The highest BCUT2D eigenvalue weighted by atomic mass is 16.6. The average molecular weight is 325 g/mol. The van der Waals surface area contributed by atoms with Crippen molar-refractivity contribution in [3.05, 3.63) is 22.2 Å². The van der Waals surface area contributed by atoms with E-state index in [4.69, 9.17) is 14.2 Å². The van der Waals surface area contributed by atoms with Crippen LogP contribution in [0.4, 0.5) is 5.69 Å². The Hall–Kier alpha value is -2.06. The van der Waals surface area contributed by atoms with Gasteiger partial charge in [-0.3, -0.25) is 15.0 Å². The van der Waals surface area contributed by atoms with E-state index in [-0.39, 0.29) is 11.4 Å². The summed E-state index contributed by atoms with van der Waals surface area (Å²) in [6.45, 7) is 5.26. The number of likely N-dealkylation sites (N-methyl/N-ethyl adjacent to an activating group) is 1. The lowest BCUT2D eigenvalue weighted by Gasteiger charge is -2.32. The molecule has 0 aliphatic carbocycles. The molecule has 1 fully saturated rings. The lowest BCUT2D eigenvalue weighted by Crippen LogP contribution is -2.45. The summed E-state index contributed by atoms with van der Waals surface area (Å²) >= 11 is 0. The Morgan fingerprint density at radius 2 is 1.78 bits per heavy atom. The van der Waals surface area contributed by atoms with Gasteiger partial charge in [0.2, 0.25) is 5.75 Å². The molecule has 0 spiro atoms. The van der Waals surface area contributed by atoms with Gasteiger partial charge in [-0.1, -0.05) is 0 Å². The maximum absolute atomic E-state index is 11.0. The monoisotopic (exact) mass is 325 g/mol. The number of rotatable bonds is 7. The molecule has 0 aromatic heterocycles. The highest BCUT2D eigenvalue weighted by molar-refractivity contribution is 5.58. The number of ether oxygens (including phenoxy) is 3. The minimum Gasteiger partial charge on any atom is -0.492 e. The molecule has 1 aliphatic rings. The van der Waals surface area contributed by atoms with Crippen LogP contribution < -0.4 is 14.2 Å². The smallest absolute Gasteiger partial charge is 0.277 e. The topological polar surface area (TPSA) is 77.3 Å². The Balaban J connectivity index is 2.02. The van der Waals surface area contributed by atoms with Gasteiger partial charge in [0.1, 0.15) is 6.61 Å². The van der Waals surface area contributed by atoms with E-state index in [1.807, 2.05) is 0 Å². The maximum Gasteiger partial charge on any atom is 0.277 e. The largest absolute Gasteiger partial charge is 0.492 e. The second kappa shape index (κ2) is 7.98. The van der Waals surface area contributed by atoms with Crippen LogP contribution in [0.5, 0.6) is 17.2 Å². The lowest BCUT2D eigenvalue weighted by atomic mass is 10.2. The molecule has 0 amide bonds. The molecule has 0 atom stereocenters. The molecule has 8 nitrogen and oxygen atoms in total. The van der Waals surface area contributed by atoms with Gasteiger partial charge in [0, 0.05) is 32.7 Å². The standard InChI is InChI=1S/C15H23N3O5/c1-16-4-6-17(7-5-16)8-9-23-14-11-12(18(19)20)10-13(21-2)15(14)22-3/h10-11H,4-9H2,1-3H3. The van der Waals surface area contributed by atoms with Gasteiger partial charge in [-0.05, 0) is 7.05 Å². The van der Waals surface area contributed by atoms with E-state index in [1.165, 1.54) is 26.4 Å². The number of nitrogens with zero attached hydrogens (tertiary/aromatic N) is 3. The molecule has 1 aliphatic heterocycles. The summed E-state index contributed by atoms with van der Waals surface area (Å²) in [4.78, 5) is 15.1. The number of benzene rings is 1. The third-order valence-electron chi connectivity index (χ3n) is 3.90. The number of nitro benzene ring substituents is 1. The molecule has 23 heavy (non-hydrogen) atoms. The van der Waals surface area contributed by atoms with Gasteiger partial charge in [0.25, 0.3) is 5.69 Å². The normalized spacial score (nSPS) is 16.1. The van der Waals surface area contributed by atoms with Gasteiger partial charge in [0.05, 0.1) is 31.3 Å². The van der Waals surface area contributed by atoms with Crippen LogP contribution in [0.25, 0.3) is 0 Å². The molecule has 1 saturated heterocycles. The van der Waals surface area contributed by atoms with Crippen LogP contribution in [0.15, 0.2) is 12.1 Å². The Morgan fingerprint density at radius 3 is 2.35 bits per heavy atom. The number of hydrogen-bond donors (Lipinski definition) is 0. The van der Waals surface area contributed by atoms with Crippen LogP contribution in [0.3, 0.4) is 0 Å². The molecular formula is C15H23N3O5. The van der Waals surface area contributed by atoms with Crippen LogP contribution in [0, 0.1) is 10.1 Å². The van der Waals surface area contributed by atoms with Crippen molar-refractivity contribution in [2.45, 2.75) is 0 Å². The van der Waals surface area contributed by atoms with E-state index < -0.39 is 4.92 Å². The van der Waals surface area contributed by atoms with Gasteiger partial charge in [-0.2, -0.15) is 0 Å². The van der Waals surface area contributed by atoms with Crippen molar-refractivity contribution in [1.82, 2.24) is 9.80 Å². The predicted octanol–water partition coefficient (Wildman–Crippen LogP) is 1.24. The number of hydrogen-bond acceptors (Lipinski definition) is 7. The van der Waals surface area contributed by atoms with E-state index in [0.29, 0.717) is 18.1 Å². The first-order valence-corrected chi connectivity index (χ1v) is 7.49. The Bertz CT molecular complexity index is 544. The molecule has 2 rings (SSSR count). The van der Waals surface area contributed by atoms with Crippen LogP contribution in [-0.4, -0.2) is 75.3 Å². The third-order valence-corrected chi connectivity index (χ3v) is 3.90. The van der Waals surface area contributed by atoms with Crippen LogP contribution in [0.2, 0.25) is 0 Å². The molecular weight excluding hydrogens is 302 g/mol. The summed E-state index contributed by atoms with van der Waals surface area (Å²) in [7, 11) is 5.03. The summed E-state index contributed by atoms with van der Waals surface area (Å²) in [6.07, 6.45) is 0. The van der Waals surface area contributed by atoms with E-state index >= 15 is 0 Å². The lowest BCUT2D eigenvalue weighted by molar-refractivity contribution is -0.385. The quantitative estimate of drug-likeness (QED) is 0.551. The summed E-state index contributed by atoms with van der Waals surface area (Å²) in [6, 6.07) is 2.69. The predicted molar refractivity (Wildman–Crippen MR) is 85.6 cm³/mol. The molecule has 0 radical (unpaired) electrons. The second-order valence-electron chi connectivity index (χ2n) is 5.43. The summed E-state index contributed by atoms with van der Waals surface area (Å²) in [5.41, 5.74) is -0.0859. The molecule has 1 aromatic carbocycles. The Labute approximate surface area is 135 Å². The van der Waals surface area contributed by atoms with Gasteiger partial charge in [-0.25, -0.2) is 0 Å². The summed E-state index contributed by atoms with van der Waals surface area (Å²) < 4.78 is 16.1. The van der Waals surface area contributed by atoms with Crippen LogP contribution in [0.1, 0.15) is 0 Å². The SMILES string of the molecule is COc1cc([N+](=O)[O-])cc(OCCN2CCN(C)CC2)c1OC. The first kappa shape index (κ1) is 17.3. The van der Waals surface area contributed by atoms with E-state index in [2.05, 4.69) is 16.8 Å². The van der Waals surface area contributed by atoms with Crippen molar-refractivity contribution >= 4 is 5.69 Å². The zero-order valence-electron chi connectivity index (χ0n) is 13.8. The molecule has 0 unspecified atom stereocenters. The molecule has 0 bridgehead atoms. The Kier molecular flexibility index (Phi) is 6.00. The molecule has 1 aromatic rings. The second-order valence-corrected chi connectivity index (χ2v) is 5.43. The molecule has 128 valence electrons. The minimum absolute atomic E-state index is 0.0859. The Morgan fingerprint density at radius 1 is 1.13 bits per heavy atom. The fourth-order valence-corrected chi connectivity index (χ4v) is 2.48. The van der Waals surface area contributed by atoms with E-state index in [1.54, 1.807) is 0 Å². The van der Waals surface area contributed by atoms with Gasteiger partial charge in [-0.15, -0.1) is 0 Å². The van der Waals surface area contributed by atoms with Crippen molar-refractivity contribution in [3.8, 4) is 17.2 Å². The highest BCUT2D eigenvalue weighted by Gasteiger charge is 2.20. The van der Waals surface area contributed by atoms with Crippen molar-refractivity contribution < 1.29 is 19.1 Å². The van der Waals surface area contributed by atoms with Gasteiger partial charge >= 0.3 is 0 Å². The highest BCUT2D eigenvalue weighted by Crippen LogP contribution is 2.40. The fraction of sp³-hybridized carbons (Fsp3) is 0.600. The number of non-ortho nitro benzene ring substituents is 1. The molecule has 1 heterocycles. The molecule has 0 saturated carbocycles. The van der Waals surface area contributed by atoms with Crippen LogP contribution >= 0.6 is 0 Å². The maximum atomic E-state index is 11.0. The first-order chi connectivity index (χ1) is 11.0. The molecule has 0 N–H and O–H groups in total. The number of methoxy groups -OCH3 is 2. The van der Waals surface area contributed by atoms with E-state index in [0.717, 1.165) is 32.7 Å². The van der Waals surface area contributed by atoms with Crippen molar-refractivity contribution in [1.29, 1.82) is 0 Å². The minimum atomic E-state index is -0.477. The average Bonchev–Trinajstić information content (AvgIpc) is 2.55. The van der Waals surface area contributed by atoms with Crippen molar-refractivity contribution in [2.75, 3.05) is 60.6 Å². The van der Waals surface area contributed by atoms with Gasteiger partial charge in [0.15, 0.2) is 11.5 Å². The van der Waals surface area contributed by atoms with E-state index in [9.17, 15) is 10.1 Å². The summed E-state index contributed by atoms with van der Waals surface area (Å²) in [5.74, 6) is 0.987. The van der Waals surface area contributed by atoms with Gasteiger partial charge < -0.3 is 19.1 Å². The van der Waals surface area contributed by atoms with Crippen molar-refractivity contribution in [3.63, 3.8) is 0 Å². The summed E-state index contributed by atoms with van der Waals surface area (Å²) in [5, 5.41) is 11.0. The third kappa shape index (κ3) is 4.46. The molecule has 8 heteroatoms. The van der Waals surface area contributed by atoms with Crippen LogP contribution in [-0.2, 0) is 0 Å². The van der Waals surface area contributed by atoms with Crippen molar-refractivity contribution in [2.24, 2.45) is 0 Å². The first-order valence-electron chi connectivity index (χ1n) is 7.49. The zero-order chi connectivity index (χ0) is 16.8. The number of piperazine rings is 1. The zero-order valence-corrected chi connectivity index (χ0v) is 13.8. The fourth-order valence-electron chi connectivity index (χ4n) is 2.48.